The van der Waals surface area contributed by atoms with Crippen LogP contribution in [0, 0.1) is 5.92 Å². The molecular weight excluding hydrogens is 308 g/mol. The predicted molar refractivity (Wildman–Crippen MR) is 98.1 cm³/mol. The number of carbonyl (C=O) groups excluding carboxylic acids is 1. The van der Waals surface area contributed by atoms with Crippen molar-refractivity contribution < 1.29 is 4.79 Å². The van der Waals surface area contributed by atoms with Gasteiger partial charge < -0.3 is 10.2 Å². The van der Waals surface area contributed by atoms with Crippen LogP contribution in [0.2, 0.25) is 0 Å². The highest BCUT2D eigenvalue weighted by Gasteiger charge is 2.23. The number of fused-ring (bicyclic) bond motifs is 1. The number of carbonyl (C=O) groups is 1. The van der Waals surface area contributed by atoms with E-state index in [-0.39, 0.29) is 18.3 Å². The normalized spacial score (nSPS) is 17.8. The van der Waals surface area contributed by atoms with Crippen molar-refractivity contribution in [2.24, 2.45) is 5.92 Å². The average molecular weight is 333 g/mol. The van der Waals surface area contributed by atoms with E-state index in [1.165, 1.54) is 17.2 Å². The second-order valence-corrected chi connectivity index (χ2v) is 6.26. The highest BCUT2D eigenvalue weighted by Crippen LogP contribution is 2.19. The van der Waals surface area contributed by atoms with Gasteiger partial charge in [0.25, 0.3) is 0 Å². The standard InChI is InChI=1S/C19H24N2O.ClH/c1-20-13-16-5-4-10-21(14-16)19(22)12-15-8-9-17-6-2-3-7-18(17)11-15;/h2-3,6-9,11,16,20H,4-5,10,12-14H2,1H3;1H. The summed E-state index contributed by atoms with van der Waals surface area (Å²) in [5, 5.41) is 5.66. The number of nitrogens with zero attached hydrogens (tertiary/aromatic N) is 1. The van der Waals surface area contributed by atoms with E-state index >= 15 is 0 Å². The average Bonchev–Trinajstić information content (AvgIpc) is 2.55. The van der Waals surface area contributed by atoms with E-state index in [2.05, 4.69) is 35.6 Å². The highest BCUT2D eigenvalue weighted by molar-refractivity contribution is 5.86. The largest absolute Gasteiger partial charge is 0.342 e. The molecule has 1 heterocycles. The van der Waals surface area contributed by atoms with Crippen LogP contribution in [0.4, 0.5) is 0 Å². The molecule has 0 aromatic heterocycles. The van der Waals surface area contributed by atoms with E-state index in [0.717, 1.165) is 31.6 Å². The number of likely N-dealkylation sites (tertiary alicyclic amines) is 1. The van der Waals surface area contributed by atoms with Crippen molar-refractivity contribution in [3.05, 3.63) is 48.0 Å². The number of rotatable bonds is 4. The molecule has 3 rings (SSSR count). The smallest absolute Gasteiger partial charge is 0.226 e. The van der Waals surface area contributed by atoms with Crippen LogP contribution in [0.25, 0.3) is 10.8 Å². The van der Waals surface area contributed by atoms with Crippen molar-refractivity contribution in [3.8, 4) is 0 Å². The van der Waals surface area contributed by atoms with Crippen LogP contribution < -0.4 is 5.32 Å². The van der Waals surface area contributed by atoms with E-state index in [9.17, 15) is 4.79 Å². The molecule has 1 unspecified atom stereocenters. The fraction of sp³-hybridized carbons (Fsp3) is 0.421. The SMILES string of the molecule is CNCC1CCCN(C(=O)Cc2ccc3ccccc3c2)C1.Cl. The number of piperidine rings is 1. The summed E-state index contributed by atoms with van der Waals surface area (Å²) in [6, 6.07) is 14.6. The predicted octanol–water partition coefficient (Wildman–Crippen LogP) is 3.26. The Balaban J connectivity index is 0.00000192. The molecule has 2 aromatic carbocycles. The first kappa shape index (κ1) is 17.8. The summed E-state index contributed by atoms with van der Waals surface area (Å²) in [4.78, 5) is 14.6. The van der Waals surface area contributed by atoms with Gasteiger partial charge in [-0.1, -0.05) is 42.5 Å². The van der Waals surface area contributed by atoms with Crippen LogP contribution in [0.15, 0.2) is 42.5 Å². The molecule has 0 radical (unpaired) electrons. The lowest BCUT2D eigenvalue weighted by molar-refractivity contribution is -0.132. The molecule has 4 heteroatoms. The Kier molecular flexibility index (Phi) is 6.43. The zero-order valence-corrected chi connectivity index (χ0v) is 14.4. The van der Waals surface area contributed by atoms with E-state index < -0.39 is 0 Å². The lowest BCUT2D eigenvalue weighted by atomic mass is 9.97. The maximum absolute atomic E-state index is 12.6. The van der Waals surface area contributed by atoms with Crippen LogP contribution in [0.1, 0.15) is 18.4 Å². The number of halogens is 1. The van der Waals surface area contributed by atoms with Gasteiger partial charge in [-0.25, -0.2) is 0 Å². The summed E-state index contributed by atoms with van der Waals surface area (Å²) in [6.45, 7) is 2.81. The summed E-state index contributed by atoms with van der Waals surface area (Å²) in [7, 11) is 1.98. The van der Waals surface area contributed by atoms with Gasteiger partial charge in [0.05, 0.1) is 6.42 Å². The number of benzene rings is 2. The minimum absolute atomic E-state index is 0. The molecule has 23 heavy (non-hydrogen) atoms. The highest BCUT2D eigenvalue weighted by atomic mass is 35.5. The van der Waals surface area contributed by atoms with Crippen molar-refractivity contribution >= 4 is 29.1 Å². The summed E-state index contributed by atoms with van der Waals surface area (Å²) < 4.78 is 0. The molecule has 1 N–H and O–H groups in total. The van der Waals surface area contributed by atoms with Gasteiger partial charge in [-0.2, -0.15) is 0 Å². The van der Waals surface area contributed by atoms with Crippen LogP contribution in [0.5, 0.6) is 0 Å². The van der Waals surface area contributed by atoms with Gasteiger partial charge in [0.1, 0.15) is 0 Å². The third-order valence-electron chi connectivity index (χ3n) is 4.53. The number of hydrogen-bond donors (Lipinski definition) is 1. The molecule has 0 bridgehead atoms. The summed E-state index contributed by atoms with van der Waals surface area (Å²) >= 11 is 0. The summed E-state index contributed by atoms with van der Waals surface area (Å²) in [5.41, 5.74) is 1.11. The van der Waals surface area contributed by atoms with E-state index in [0.29, 0.717) is 12.3 Å². The van der Waals surface area contributed by atoms with Crippen LogP contribution >= 0.6 is 12.4 Å². The number of amides is 1. The van der Waals surface area contributed by atoms with Crippen molar-refractivity contribution in [2.45, 2.75) is 19.3 Å². The molecule has 2 aromatic rings. The van der Waals surface area contributed by atoms with E-state index in [1.807, 2.05) is 24.1 Å². The molecule has 1 amide bonds. The Morgan fingerprint density at radius 1 is 1.22 bits per heavy atom. The topological polar surface area (TPSA) is 32.3 Å². The Morgan fingerprint density at radius 2 is 2.00 bits per heavy atom. The second-order valence-electron chi connectivity index (χ2n) is 6.26. The zero-order chi connectivity index (χ0) is 15.4. The van der Waals surface area contributed by atoms with Crippen LogP contribution in [0.3, 0.4) is 0 Å². The monoisotopic (exact) mass is 332 g/mol. The first-order valence-corrected chi connectivity index (χ1v) is 8.16. The molecule has 1 atom stereocenters. The molecule has 1 aliphatic rings. The third-order valence-corrected chi connectivity index (χ3v) is 4.53. The molecule has 1 fully saturated rings. The first-order chi connectivity index (χ1) is 10.8. The summed E-state index contributed by atoms with van der Waals surface area (Å²) in [6.07, 6.45) is 2.85. The molecule has 0 saturated carbocycles. The van der Waals surface area contributed by atoms with Gasteiger partial charge in [0.2, 0.25) is 5.91 Å². The fourth-order valence-electron chi connectivity index (χ4n) is 3.38. The van der Waals surface area contributed by atoms with Crippen molar-refractivity contribution in [3.63, 3.8) is 0 Å². The Morgan fingerprint density at radius 3 is 2.78 bits per heavy atom. The quantitative estimate of drug-likeness (QED) is 0.932. The van der Waals surface area contributed by atoms with Gasteiger partial charge in [0.15, 0.2) is 0 Å². The number of nitrogens with one attached hydrogen (secondary N) is 1. The molecular formula is C19H25ClN2O. The first-order valence-electron chi connectivity index (χ1n) is 8.16. The maximum atomic E-state index is 12.6. The van der Waals surface area contributed by atoms with Crippen LogP contribution in [-0.4, -0.2) is 37.5 Å². The zero-order valence-electron chi connectivity index (χ0n) is 13.6. The molecule has 0 aliphatic carbocycles. The molecule has 0 spiro atoms. The van der Waals surface area contributed by atoms with E-state index in [1.54, 1.807) is 0 Å². The van der Waals surface area contributed by atoms with Crippen LogP contribution in [-0.2, 0) is 11.2 Å². The van der Waals surface area contributed by atoms with Crippen molar-refractivity contribution in [2.75, 3.05) is 26.7 Å². The van der Waals surface area contributed by atoms with Gasteiger partial charge in [-0.15, -0.1) is 12.4 Å². The fourth-order valence-corrected chi connectivity index (χ4v) is 3.38. The van der Waals surface area contributed by atoms with Gasteiger partial charge >= 0.3 is 0 Å². The second kappa shape index (κ2) is 8.32. The minimum atomic E-state index is 0. The maximum Gasteiger partial charge on any atom is 0.226 e. The third kappa shape index (κ3) is 4.46. The Bertz CT molecular complexity index is 657. The summed E-state index contributed by atoms with van der Waals surface area (Å²) in [5.74, 6) is 0.857. The number of hydrogen-bond acceptors (Lipinski definition) is 2. The molecule has 1 saturated heterocycles. The Labute approximate surface area is 144 Å². The molecule has 1 aliphatic heterocycles. The minimum Gasteiger partial charge on any atom is -0.342 e. The van der Waals surface area contributed by atoms with Crippen molar-refractivity contribution in [1.29, 1.82) is 0 Å². The lowest BCUT2D eigenvalue weighted by Crippen LogP contribution is -2.43. The van der Waals surface area contributed by atoms with E-state index in [4.69, 9.17) is 0 Å². The Hall–Kier alpha value is -1.58. The van der Waals surface area contributed by atoms with Crippen molar-refractivity contribution in [1.82, 2.24) is 10.2 Å². The molecule has 124 valence electrons. The lowest BCUT2D eigenvalue weighted by Gasteiger charge is -2.32. The van der Waals surface area contributed by atoms with Gasteiger partial charge in [-0.3, -0.25) is 4.79 Å². The van der Waals surface area contributed by atoms with Gasteiger partial charge in [0, 0.05) is 13.1 Å². The molecule has 3 nitrogen and oxygen atoms in total. The van der Waals surface area contributed by atoms with Gasteiger partial charge in [-0.05, 0) is 48.7 Å².